The van der Waals surface area contributed by atoms with Gasteiger partial charge in [0.2, 0.25) is 0 Å². The molecular formula is C38H26N2. The molecule has 9 rings (SSSR count). The van der Waals surface area contributed by atoms with Crippen molar-refractivity contribution in [2.24, 2.45) is 0 Å². The third-order valence-electron chi connectivity index (χ3n) is 8.76. The first-order chi connectivity index (χ1) is 19.9. The standard InChI is InChI=1S/C38H26N2/c1-3-15-27-25(11-1)13-9-21-33(27)39-35-19-7-5-17-29(35)31-24-38-32(23-37(31)39)30-18-6-8-20-36(30)40(38)34-22-10-14-26-12-2-4-16-28(26)34/h1-3,5-15,17-24H,4,16H2. The van der Waals surface area contributed by atoms with Crippen LogP contribution < -0.4 is 0 Å². The molecule has 0 unspecified atom stereocenters. The second kappa shape index (κ2) is 8.21. The third kappa shape index (κ3) is 2.93. The Kier molecular flexibility index (Phi) is 4.48. The SMILES string of the molecule is C1=Cc2cccc(-n3c4ccccc4c4cc5c(cc43)c3ccccc3n5-c3cccc4ccccc34)c2CC1. The normalized spacial score (nSPS) is 13.2. The second-order valence-corrected chi connectivity index (χ2v) is 10.9. The minimum absolute atomic E-state index is 1.07. The van der Waals surface area contributed by atoms with E-state index in [-0.39, 0.29) is 0 Å². The molecule has 0 saturated heterocycles. The van der Waals surface area contributed by atoms with Crippen molar-refractivity contribution in [1.82, 2.24) is 9.13 Å². The van der Waals surface area contributed by atoms with E-state index < -0.39 is 0 Å². The van der Waals surface area contributed by atoms with E-state index in [2.05, 4.69) is 143 Å². The Morgan fingerprint density at radius 2 is 1.02 bits per heavy atom. The molecule has 0 N–H and O–H groups in total. The Hall–Kier alpha value is -5.08. The van der Waals surface area contributed by atoms with Gasteiger partial charge in [0.15, 0.2) is 0 Å². The predicted molar refractivity (Wildman–Crippen MR) is 170 cm³/mol. The van der Waals surface area contributed by atoms with Crippen molar-refractivity contribution >= 4 is 60.5 Å². The Morgan fingerprint density at radius 1 is 0.450 bits per heavy atom. The maximum Gasteiger partial charge on any atom is 0.0549 e. The molecule has 0 fully saturated rings. The monoisotopic (exact) mass is 510 g/mol. The average Bonchev–Trinajstić information content (AvgIpc) is 3.51. The van der Waals surface area contributed by atoms with E-state index in [1.54, 1.807) is 0 Å². The molecule has 8 aromatic rings. The van der Waals surface area contributed by atoms with Gasteiger partial charge >= 0.3 is 0 Å². The zero-order chi connectivity index (χ0) is 26.2. The third-order valence-corrected chi connectivity index (χ3v) is 8.76. The van der Waals surface area contributed by atoms with Crippen molar-refractivity contribution < 1.29 is 0 Å². The predicted octanol–water partition coefficient (Wildman–Crippen LogP) is 9.99. The van der Waals surface area contributed by atoms with Crippen LogP contribution >= 0.6 is 0 Å². The number of fused-ring (bicyclic) bond motifs is 8. The summed E-state index contributed by atoms with van der Waals surface area (Å²) in [5.74, 6) is 0. The van der Waals surface area contributed by atoms with Crippen molar-refractivity contribution in [2.45, 2.75) is 12.8 Å². The van der Waals surface area contributed by atoms with Crippen LogP contribution in [0, 0.1) is 0 Å². The highest BCUT2D eigenvalue weighted by Crippen LogP contribution is 2.41. The van der Waals surface area contributed by atoms with Gasteiger partial charge in [-0.3, -0.25) is 0 Å². The average molecular weight is 511 g/mol. The molecule has 0 amide bonds. The minimum Gasteiger partial charge on any atom is -0.309 e. The summed E-state index contributed by atoms with van der Waals surface area (Å²) >= 11 is 0. The number of benzene rings is 6. The molecule has 2 heterocycles. The summed E-state index contributed by atoms with van der Waals surface area (Å²) in [5.41, 5.74) is 10.3. The largest absolute Gasteiger partial charge is 0.309 e. The molecule has 40 heavy (non-hydrogen) atoms. The van der Waals surface area contributed by atoms with E-state index in [0.29, 0.717) is 0 Å². The number of aromatic nitrogens is 2. The molecule has 0 spiro atoms. The van der Waals surface area contributed by atoms with Gasteiger partial charge in [0.05, 0.1) is 27.8 Å². The Balaban J connectivity index is 1.46. The highest BCUT2D eigenvalue weighted by molar-refractivity contribution is 6.19. The van der Waals surface area contributed by atoms with Crippen LogP contribution in [0.4, 0.5) is 0 Å². The quantitative estimate of drug-likeness (QED) is 0.219. The van der Waals surface area contributed by atoms with E-state index in [0.717, 1.165) is 12.8 Å². The Bertz CT molecular complexity index is 2320. The van der Waals surface area contributed by atoms with Crippen LogP contribution in [-0.4, -0.2) is 9.13 Å². The van der Waals surface area contributed by atoms with Gasteiger partial charge in [-0.2, -0.15) is 0 Å². The van der Waals surface area contributed by atoms with Crippen molar-refractivity contribution in [3.8, 4) is 11.4 Å². The molecule has 0 aliphatic heterocycles. The lowest BCUT2D eigenvalue weighted by Gasteiger charge is -2.18. The van der Waals surface area contributed by atoms with Crippen molar-refractivity contribution in [2.75, 3.05) is 0 Å². The van der Waals surface area contributed by atoms with Crippen LogP contribution in [0.2, 0.25) is 0 Å². The highest BCUT2D eigenvalue weighted by atomic mass is 15.0. The molecule has 188 valence electrons. The smallest absolute Gasteiger partial charge is 0.0549 e. The summed E-state index contributed by atoms with van der Waals surface area (Å²) in [6.07, 6.45) is 6.73. The molecule has 0 saturated carbocycles. The zero-order valence-electron chi connectivity index (χ0n) is 22.0. The van der Waals surface area contributed by atoms with Crippen LogP contribution in [0.1, 0.15) is 17.5 Å². The molecule has 2 heteroatoms. The number of hydrogen-bond acceptors (Lipinski definition) is 0. The van der Waals surface area contributed by atoms with Crippen molar-refractivity contribution in [1.29, 1.82) is 0 Å². The molecule has 0 bridgehead atoms. The molecular weight excluding hydrogens is 484 g/mol. The summed E-state index contributed by atoms with van der Waals surface area (Å²) < 4.78 is 4.97. The first kappa shape index (κ1) is 21.8. The lowest BCUT2D eigenvalue weighted by molar-refractivity contribution is 0.961. The fourth-order valence-corrected chi connectivity index (χ4v) is 7.02. The number of nitrogens with zero attached hydrogens (tertiary/aromatic N) is 2. The second-order valence-electron chi connectivity index (χ2n) is 10.9. The summed E-state index contributed by atoms with van der Waals surface area (Å²) in [5, 5.41) is 7.66. The number of para-hydroxylation sites is 2. The molecule has 1 aliphatic carbocycles. The maximum atomic E-state index is 2.51. The van der Waals surface area contributed by atoms with E-state index in [4.69, 9.17) is 0 Å². The number of allylic oxidation sites excluding steroid dienone is 1. The van der Waals surface area contributed by atoms with Gasteiger partial charge in [-0.15, -0.1) is 0 Å². The molecule has 6 aromatic carbocycles. The van der Waals surface area contributed by atoms with Crippen molar-refractivity contribution in [3.63, 3.8) is 0 Å². The van der Waals surface area contributed by atoms with Gasteiger partial charge in [0, 0.05) is 32.6 Å². The van der Waals surface area contributed by atoms with Crippen LogP contribution in [0.15, 0.2) is 127 Å². The van der Waals surface area contributed by atoms with E-state index in [1.807, 2.05) is 0 Å². The van der Waals surface area contributed by atoms with Crippen molar-refractivity contribution in [3.05, 3.63) is 139 Å². The molecule has 0 radical (unpaired) electrons. The summed E-state index contributed by atoms with van der Waals surface area (Å²) in [7, 11) is 0. The molecule has 1 aliphatic rings. The Labute approximate surface area is 232 Å². The molecule has 0 atom stereocenters. The van der Waals surface area contributed by atoms with E-state index in [1.165, 1.54) is 76.9 Å². The van der Waals surface area contributed by atoms with Crippen LogP contribution in [0.25, 0.3) is 71.8 Å². The molecule has 2 aromatic heterocycles. The van der Waals surface area contributed by atoms with Gasteiger partial charge < -0.3 is 9.13 Å². The fourth-order valence-electron chi connectivity index (χ4n) is 7.02. The minimum atomic E-state index is 1.07. The number of hydrogen-bond donors (Lipinski definition) is 0. The van der Waals surface area contributed by atoms with Crippen LogP contribution in [-0.2, 0) is 6.42 Å². The lowest BCUT2D eigenvalue weighted by atomic mass is 9.95. The van der Waals surface area contributed by atoms with E-state index in [9.17, 15) is 0 Å². The zero-order valence-corrected chi connectivity index (χ0v) is 22.0. The first-order valence-electron chi connectivity index (χ1n) is 14.1. The van der Waals surface area contributed by atoms with Gasteiger partial charge in [-0.1, -0.05) is 97.1 Å². The van der Waals surface area contributed by atoms with Crippen LogP contribution in [0.5, 0.6) is 0 Å². The topological polar surface area (TPSA) is 9.86 Å². The van der Waals surface area contributed by atoms with E-state index >= 15 is 0 Å². The summed E-state index contributed by atoms with van der Waals surface area (Å²) in [6.45, 7) is 0. The fraction of sp³-hybridized carbons (Fsp3) is 0.0526. The molecule has 2 nitrogen and oxygen atoms in total. The highest BCUT2D eigenvalue weighted by Gasteiger charge is 2.20. The summed E-state index contributed by atoms with van der Waals surface area (Å²) in [4.78, 5) is 0. The summed E-state index contributed by atoms with van der Waals surface area (Å²) in [6, 6.07) is 44.7. The first-order valence-corrected chi connectivity index (χ1v) is 14.1. The van der Waals surface area contributed by atoms with Gasteiger partial charge in [-0.05, 0) is 65.8 Å². The maximum absolute atomic E-state index is 2.51. The Morgan fingerprint density at radius 3 is 1.77 bits per heavy atom. The van der Waals surface area contributed by atoms with Gasteiger partial charge in [-0.25, -0.2) is 0 Å². The van der Waals surface area contributed by atoms with Crippen LogP contribution in [0.3, 0.4) is 0 Å². The lowest BCUT2D eigenvalue weighted by Crippen LogP contribution is -2.03. The van der Waals surface area contributed by atoms with Gasteiger partial charge in [0.25, 0.3) is 0 Å². The van der Waals surface area contributed by atoms with Gasteiger partial charge in [0.1, 0.15) is 0 Å². The number of rotatable bonds is 2.